The van der Waals surface area contributed by atoms with Crippen molar-refractivity contribution in [2.24, 2.45) is 0 Å². The van der Waals surface area contributed by atoms with Crippen molar-refractivity contribution in [2.45, 2.75) is 44.5 Å². The van der Waals surface area contributed by atoms with Crippen LogP contribution in [0.3, 0.4) is 0 Å². The maximum Gasteiger partial charge on any atom is 0.249 e. The lowest BCUT2D eigenvalue weighted by Crippen LogP contribution is -2.48. The van der Waals surface area contributed by atoms with Gasteiger partial charge in [0.15, 0.2) is 0 Å². The summed E-state index contributed by atoms with van der Waals surface area (Å²) in [7, 11) is 0. The molecule has 1 saturated heterocycles. The Balaban J connectivity index is 1.77. The summed E-state index contributed by atoms with van der Waals surface area (Å²) in [6.45, 7) is 3.67. The number of fused-ring (bicyclic) bond motifs is 1. The predicted molar refractivity (Wildman–Crippen MR) is 72.6 cm³/mol. The summed E-state index contributed by atoms with van der Waals surface area (Å²) < 4.78 is 5.45. The van der Waals surface area contributed by atoms with Crippen LogP contribution < -0.4 is 10.6 Å². The van der Waals surface area contributed by atoms with E-state index < -0.39 is 0 Å². The average molecular weight is 260 g/mol. The molecule has 1 aromatic rings. The van der Waals surface area contributed by atoms with Crippen LogP contribution >= 0.6 is 0 Å². The van der Waals surface area contributed by atoms with Gasteiger partial charge in [0.25, 0.3) is 0 Å². The molecular formula is C15H20N2O2. The molecule has 4 heteroatoms. The zero-order valence-electron chi connectivity index (χ0n) is 11.2. The van der Waals surface area contributed by atoms with E-state index in [0.717, 1.165) is 19.4 Å². The number of rotatable bonds is 2. The van der Waals surface area contributed by atoms with Gasteiger partial charge in [-0.05, 0) is 30.9 Å². The molecule has 3 rings (SSSR count). The average Bonchev–Trinajstić information content (AvgIpc) is 2.96. The van der Waals surface area contributed by atoms with Crippen molar-refractivity contribution < 1.29 is 9.53 Å². The largest absolute Gasteiger partial charge is 0.368 e. The van der Waals surface area contributed by atoms with E-state index in [1.165, 1.54) is 11.1 Å². The third-order valence-electron chi connectivity index (χ3n) is 4.02. The monoisotopic (exact) mass is 260 g/mol. The number of ether oxygens (including phenoxy) is 1. The minimum absolute atomic E-state index is 0.0212. The lowest BCUT2D eigenvalue weighted by molar-refractivity contribution is -0.131. The fourth-order valence-corrected chi connectivity index (χ4v) is 2.89. The Hall–Kier alpha value is -1.39. The number of carbonyl (C=O) groups is 1. The smallest absolute Gasteiger partial charge is 0.249 e. The van der Waals surface area contributed by atoms with Gasteiger partial charge >= 0.3 is 0 Å². The van der Waals surface area contributed by atoms with E-state index in [2.05, 4.69) is 29.7 Å². The quantitative estimate of drug-likeness (QED) is 0.847. The molecule has 0 aromatic heterocycles. The van der Waals surface area contributed by atoms with Gasteiger partial charge in [0.2, 0.25) is 5.91 Å². The van der Waals surface area contributed by atoms with Crippen LogP contribution in [0, 0.1) is 0 Å². The van der Waals surface area contributed by atoms with E-state index in [-0.39, 0.29) is 24.1 Å². The molecule has 1 amide bonds. The molecule has 2 aliphatic rings. The molecule has 1 fully saturated rings. The van der Waals surface area contributed by atoms with E-state index in [9.17, 15) is 4.79 Å². The van der Waals surface area contributed by atoms with Crippen LogP contribution in [-0.2, 0) is 16.1 Å². The Bertz CT molecular complexity index is 469. The van der Waals surface area contributed by atoms with Gasteiger partial charge in [-0.25, -0.2) is 0 Å². The molecular weight excluding hydrogens is 240 g/mol. The van der Waals surface area contributed by atoms with E-state index in [4.69, 9.17) is 4.74 Å². The van der Waals surface area contributed by atoms with E-state index >= 15 is 0 Å². The molecule has 0 bridgehead atoms. The summed E-state index contributed by atoms with van der Waals surface area (Å²) in [5, 5.41) is 6.57. The first kappa shape index (κ1) is 12.6. The number of amides is 1. The molecule has 0 aliphatic carbocycles. The highest BCUT2D eigenvalue weighted by atomic mass is 16.5. The first-order valence-corrected chi connectivity index (χ1v) is 6.99. The Morgan fingerprint density at radius 2 is 2.26 bits per heavy atom. The summed E-state index contributed by atoms with van der Waals surface area (Å²) in [5.74, 6) is 0.0212. The highest BCUT2D eigenvalue weighted by molar-refractivity contribution is 5.81. The van der Waals surface area contributed by atoms with Crippen molar-refractivity contribution in [3.8, 4) is 0 Å². The van der Waals surface area contributed by atoms with Crippen molar-refractivity contribution in [2.75, 3.05) is 6.61 Å². The summed E-state index contributed by atoms with van der Waals surface area (Å²) in [6, 6.07) is 8.55. The molecule has 2 heterocycles. The molecule has 4 nitrogen and oxygen atoms in total. The molecule has 0 radical (unpaired) electrons. The zero-order chi connectivity index (χ0) is 13.2. The Morgan fingerprint density at radius 3 is 3.05 bits per heavy atom. The summed E-state index contributed by atoms with van der Waals surface area (Å²) >= 11 is 0. The van der Waals surface area contributed by atoms with Crippen molar-refractivity contribution >= 4 is 5.91 Å². The molecule has 1 aromatic carbocycles. The van der Waals surface area contributed by atoms with Gasteiger partial charge in [-0.1, -0.05) is 24.3 Å². The maximum absolute atomic E-state index is 12.2. The van der Waals surface area contributed by atoms with Crippen molar-refractivity contribution in [3.05, 3.63) is 35.4 Å². The minimum atomic E-state index is -0.263. The van der Waals surface area contributed by atoms with Crippen LogP contribution in [0.15, 0.2) is 24.3 Å². The molecule has 2 N–H and O–H groups in total. The molecule has 0 spiro atoms. The van der Waals surface area contributed by atoms with E-state index in [1.807, 2.05) is 12.1 Å². The second-order valence-corrected chi connectivity index (χ2v) is 5.36. The first-order valence-electron chi connectivity index (χ1n) is 6.99. The normalized spacial score (nSPS) is 29.8. The highest BCUT2D eigenvalue weighted by Gasteiger charge is 2.31. The Kier molecular flexibility index (Phi) is 3.53. The van der Waals surface area contributed by atoms with Gasteiger partial charge in [-0.15, -0.1) is 0 Å². The third kappa shape index (κ3) is 2.51. The molecule has 102 valence electrons. The maximum atomic E-state index is 12.2. The van der Waals surface area contributed by atoms with Gasteiger partial charge in [0.05, 0.1) is 6.04 Å². The fourth-order valence-electron chi connectivity index (χ4n) is 2.89. The number of hydrogen-bond acceptors (Lipinski definition) is 3. The van der Waals surface area contributed by atoms with Crippen LogP contribution in [0.25, 0.3) is 0 Å². The lowest BCUT2D eigenvalue weighted by atomic mass is 9.91. The highest BCUT2D eigenvalue weighted by Crippen LogP contribution is 2.26. The standard InChI is InChI=1S/C15H20N2O2/c1-10-14(17-15(18)13-7-4-8-19-13)12-6-3-2-5-11(12)9-16-10/h2-3,5-6,10,13-14,16H,4,7-9H2,1H3,(H,17,18). The Morgan fingerprint density at radius 1 is 1.42 bits per heavy atom. The topological polar surface area (TPSA) is 50.4 Å². The SMILES string of the molecule is CC1NCc2ccccc2C1NC(=O)C1CCCO1. The fraction of sp³-hybridized carbons (Fsp3) is 0.533. The van der Waals surface area contributed by atoms with Crippen LogP contribution in [0.4, 0.5) is 0 Å². The zero-order valence-corrected chi connectivity index (χ0v) is 11.2. The van der Waals surface area contributed by atoms with Gasteiger partial charge in [0.1, 0.15) is 6.10 Å². The second-order valence-electron chi connectivity index (χ2n) is 5.36. The number of hydrogen-bond donors (Lipinski definition) is 2. The molecule has 3 unspecified atom stereocenters. The second kappa shape index (κ2) is 5.31. The summed E-state index contributed by atoms with van der Waals surface area (Å²) in [5.41, 5.74) is 2.48. The summed E-state index contributed by atoms with van der Waals surface area (Å²) in [4.78, 5) is 12.2. The molecule has 0 saturated carbocycles. The predicted octanol–water partition coefficient (Wildman–Crippen LogP) is 1.51. The number of carbonyl (C=O) groups excluding carboxylic acids is 1. The van der Waals surface area contributed by atoms with Gasteiger partial charge in [-0.2, -0.15) is 0 Å². The molecule has 3 atom stereocenters. The summed E-state index contributed by atoms with van der Waals surface area (Å²) in [6.07, 6.45) is 1.55. The lowest BCUT2D eigenvalue weighted by Gasteiger charge is -2.33. The van der Waals surface area contributed by atoms with E-state index in [1.54, 1.807) is 0 Å². The van der Waals surface area contributed by atoms with Crippen LogP contribution in [0.1, 0.15) is 36.9 Å². The third-order valence-corrected chi connectivity index (χ3v) is 4.02. The van der Waals surface area contributed by atoms with Crippen molar-refractivity contribution in [1.82, 2.24) is 10.6 Å². The Labute approximate surface area is 113 Å². The number of benzene rings is 1. The van der Waals surface area contributed by atoms with Crippen molar-refractivity contribution in [1.29, 1.82) is 0 Å². The first-order chi connectivity index (χ1) is 9.25. The van der Waals surface area contributed by atoms with Crippen LogP contribution in [-0.4, -0.2) is 24.7 Å². The van der Waals surface area contributed by atoms with Crippen LogP contribution in [0.2, 0.25) is 0 Å². The molecule has 2 aliphatic heterocycles. The van der Waals surface area contributed by atoms with Crippen molar-refractivity contribution in [3.63, 3.8) is 0 Å². The van der Waals surface area contributed by atoms with Gasteiger partial charge in [-0.3, -0.25) is 4.79 Å². The van der Waals surface area contributed by atoms with Gasteiger partial charge < -0.3 is 15.4 Å². The van der Waals surface area contributed by atoms with Gasteiger partial charge in [0, 0.05) is 19.2 Å². The number of nitrogens with one attached hydrogen (secondary N) is 2. The molecule has 19 heavy (non-hydrogen) atoms. The van der Waals surface area contributed by atoms with Crippen LogP contribution in [0.5, 0.6) is 0 Å². The minimum Gasteiger partial charge on any atom is -0.368 e. The van der Waals surface area contributed by atoms with E-state index in [0.29, 0.717) is 6.61 Å².